The highest BCUT2D eigenvalue weighted by molar-refractivity contribution is 9.10. The summed E-state index contributed by atoms with van der Waals surface area (Å²) < 4.78 is 26.1. The number of rotatable bonds is 4. The molecular formula is C11H14BrN5O2S. The van der Waals surface area contributed by atoms with Gasteiger partial charge in [-0.2, -0.15) is 4.80 Å². The van der Waals surface area contributed by atoms with Crippen molar-refractivity contribution in [3.05, 3.63) is 34.1 Å². The Morgan fingerprint density at radius 3 is 2.60 bits per heavy atom. The average molecular weight is 360 g/mol. The number of aromatic nitrogens is 4. The summed E-state index contributed by atoms with van der Waals surface area (Å²) in [5.74, 6) is 0.346. The van der Waals surface area contributed by atoms with Gasteiger partial charge < -0.3 is 0 Å². The van der Waals surface area contributed by atoms with Crippen LogP contribution in [0, 0.1) is 6.92 Å². The minimum Gasteiger partial charge on any atom is -0.263 e. The molecule has 1 aromatic carbocycles. The second-order valence-electron chi connectivity index (χ2n) is 4.40. The lowest BCUT2D eigenvalue weighted by molar-refractivity contribution is 0.594. The lowest BCUT2D eigenvalue weighted by Gasteiger charge is -2.21. The molecule has 0 bridgehead atoms. The molecule has 7 nitrogen and oxygen atoms in total. The zero-order valence-electron chi connectivity index (χ0n) is 11.3. The molecule has 0 spiro atoms. The summed E-state index contributed by atoms with van der Waals surface area (Å²) in [6.07, 6.45) is 1.15. The normalized spacial score (nSPS) is 11.6. The summed E-state index contributed by atoms with van der Waals surface area (Å²) >= 11 is 3.39. The van der Waals surface area contributed by atoms with Crippen LogP contribution >= 0.6 is 15.9 Å². The van der Waals surface area contributed by atoms with E-state index < -0.39 is 10.0 Å². The van der Waals surface area contributed by atoms with Gasteiger partial charge in [0.1, 0.15) is 0 Å². The standard InChI is InChI=1S/C11H14BrN5O2S/c1-8-6-9(4-5-10(8)12)17(20(3,18)19)7-11-13-15-16(2)14-11/h4-6H,7H2,1-3H3. The van der Waals surface area contributed by atoms with Crippen molar-refractivity contribution in [3.63, 3.8) is 0 Å². The summed E-state index contributed by atoms with van der Waals surface area (Å²) in [6, 6.07) is 5.34. The minimum atomic E-state index is -3.44. The number of tetrazole rings is 1. The van der Waals surface area contributed by atoms with E-state index in [9.17, 15) is 8.42 Å². The third-order valence-corrected chi connectivity index (χ3v) is 4.69. The van der Waals surface area contributed by atoms with E-state index >= 15 is 0 Å². The average Bonchev–Trinajstić information content (AvgIpc) is 2.74. The first kappa shape index (κ1) is 14.9. The highest BCUT2D eigenvalue weighted by Crippen LogP contribution is 2.25. The molecule has 1 aromatic heterocycles. The van der Waals surface area contributed by atoms with E-state index in [4.69, 9.17) is 0 Å². The molecule has 9 heteroatoms. The first-order valence-electron chi connectivity index (χ1n) is 5.74. The van der Waals surface area contributed by atoms with Crippen molar-refractivity contribution in [1.82, 2.24) is 20.2 Å². The molecule has 0 fully saturated rings. The fourth-order valence-corrected chi connectivity index (χ4v) is 2.79. The van der Waals surface area contributed by atoms with Gasteiger partial charge in [-0.25, -0.2) is 8.42 Å². The second-order valence-corrected chi connectivity index (χ2v) is 7.16. The Morgan fingerprint density at radius 2 is 2.10 bits per heavy atom. The van der Waals surface area contributed by atoms with Crippen molar-refractivity contribution in [1.29, 1.82) is 0 Å². The lowest BCUT2D eigenvalue weighted by Crippen LogP contribution is -2.30. The molecule has 0 saturated carbocycles. The van der Waals surface area contributed by atoms with Gasteiger partial charge in [0.05, 0.1) is 25.5 Å². The van der Waals surface area contributed by atoms with Crippen molar-refractivity contribution < 1.29 is 8.42 Å². The molecule has 108 valence electrons. The molecule has 0 aliphatic carbocycles. The zero-order valence-corrected chi connectivity index (χ0v) is 13.7. The topological polar surface area (TPSA) is 81.0 Å². The first-order valence-corrected chi connectivity index (χ1v) is 8.38. The molecular weight excluding hydrogens is 346 g/mol. The molecule has 0 radical (unpaired) electrons. The fourth-order valence-electron chi connectivity index (χ4n) is 1.70. The summed E-state index contributed by atoms with van der Waals surface area (Å²) in [5.41, 5.74) is 1.52. The zero-order chi connectivity index (χ0) is 14.9. The minimum absolute atomic E-state index is 0.0494. The van der Waals surface area contributed by atoms with E-state index in [1.54, 1.807) is 19.2 Å². The molecule has 2 rings (SSSR count). The van der Waals surface area contributed by atoms with Gasteiger partial charge in [0, 0.05) is 4.47 Å². The number of nitrogens with zero attached hydrogens (tertiary/aromatic N) is 5. The van der Waals surface area contributed by atoms with Crippen molar-refractivity contribution in [2.75, 3.05) is 10.6 Å². The van der Waals surface area contributed by atoms with Crippen molar-refractivity contribution >= 4 is 31.6 Å². The van der Waals surface area contributed by atoms with Crippen LogP contribution in [0.2, 0.25) is 0 Å². The molecule has 0 saturated heterocycles. The van der Waals surface area contributed by atoms with Crippen LogP contribution in [0.5, 0.6) is 0 Å². The quantitative estimate of drug-likeness (QED) is 0.820. The Bertz CT molecular complexity index is 728. The molecule has 1 heterocycles. The first-order chi connectivity index (χ1) is 9.27. The lowest BCUT2D eigenvalue weighted by atomic mass is 10.2. The van der Waals surface area contributed by atoms with Gasteiger partial charge in [-0.1, -0.05) is 15.9 Å². The van der Waals surface area contributed by atoms with Gasteiger partial charge in [-0.15, -0.1) is 10.2 Å². The van der Waals surface area contributed by atoms with Crippen molar-refractivity contribution in [3.8, 4) is 0 Å². The molecule has 2 aromatic rings. The van der Waals surface area contributed by atoms with Crippen LogP contribution in [0.1, 0.15) is 11.4 Å². The van der Waals surface area contributed by atoms with Crippen molar-refractivity contribution in [2.45, 2.75) is 13.5 Å². The Kier molecular flexibility index (Phi) is 4.09. The van der Waals surface area contributed by atoms with Crippen molar-refractivity contribution in [2.24, 2.45) is 7.05 Å². The van der Waals surface area contributed by atoms with Crippen LogP contribution < -0.4 is 4.31 Å². The highest BCUT2D eigenvalue weighted by atomic mass is 79.9. The van der Waals surface area contributed by atoms with E-state index in [0.717, 1.165) is 16.3 Å². The molecule has 0 aliphatic rings. The molecule has 20 heavy (non-hydrogen) atoms. The number of benzene rings is 1. The third-order valence-electron chi connectivity index (χ3n) is 2.66. The smallest absolute Gasteiger partial charge is 0.232 e. The maximum absolute atomic E-state index is 12.0. The van der Waals surface area contributed by atoms with Gasteiger partial charge in [0.2, 0.25) is 10.0 Å². The Morgan fingerprint density at radius 1 is 1.40 bits per heavy atom. The predicted octanol–water partition coefficient (Wildman–Crippen LogP) is 1.25. The van der Waals surface area contributed by atoms with Gasteiger partial charge >= 0.3 is 0 Å². The molecule has 0 aliphatic heterocycles. The number of anilines is 1. The van der Waals surface area contributed by atoms with Gasteiger partial charge in [-0.3, -0.25) is 4.31 Å². The third kappa shape index (κ3) is 3.34. The number of sulfonamides is 1. The summed E-state index contributed by atoms with van der Waals surface area (Å²) in [5, 5.41) is 11.5. The number of halogens is 1. The van der Waals surface area contributed by atoms with Gasteiger partial charge in [0.15, 0.2) is 5.82 Å². The summed E-state index contributed by atoms with van der Waals surface area (Å²) in [4.78, 5) is 1.29. The summed E-state index contributed by atoms with van der Waals surface area (Å²) in [7, 11) is -1.81. The van der Waals surface area contributed by atoms with E-state index in [-0.39, 0.29) is 6.54 Å². The SMILES string of the molecule is Cc1cc(N(Cc2nnn(C)n2)S(C)(=O)=O)ccc1Br. The van der Waals surface area contributed by atoms with Crippen LogP contribution in [0.25, 0.3) is 0 Å². The maximum atomic E-state index is 12.0. The highest BCUT2D eigenvalue weighted by Gasteiger charge is 2.20. The molecule has 0 N–H and O–H groups in total. The van der Waals surface area contributed by atoms with Gasteiger partial charge in [-0.05, 0) is 35.9 Å². The largest absolute Gasteiger partial charge is 0.263 e. The van der Waals surface area contributed by atoms with E-state index in [1.165, 1.54) is 9.10 Å². The Labute approximate surface area is 125 Å². The van der Waals surface area contributed by atoms with Crippen LogP contribution in [-0.2, 0) is 23.6 Å². The van der Waals surface area contributed by atoms with Crippen LogP contribution in [0.3, 0.4) is 0 Å². The van der Waals surface area contributed by atoms with E-state index in [2.05, 4.69) is 31.3 Å². The predicted molar refractivity (Wildman–Crippen MR) is 78.7 cm³/mol. The monoisotopic (exact) mass is 359 g/mol. The number of hydrogen-bond acceptors (Lipinski definition) is 5. The number of hydrogen-bond donors (Lipinski definition) is 0. The van der Waals surface area contributed by atoms with Crippen LogP contribution in [-0.4, -0.2) is 34.9 Å². The molecule has 0 unspecified atom stereocenters. The molecule has 0 atom stereocenters. The molecule has 0 amide bonds. The van der Waals surface area contributed by atoms with Gasteiger partial charge in [0.25, 0.3) is 0 Å². The summed E-state index contributed by atoms with van der Waals surface area (Å²) in [6.45, 7) is 1.95. The second kappa shape index (κ2) is 5.49. The Balaban J connectivity index is 2.40. The number of aryl methyl sites for hydroxylation is 2. The van der Waals surface area contributed by atoms with E-state index in [0.29, 0.717) is 11.5 Å². The van der Waals surface area contributed by atoms with Crippen LogP contribution in [0.4, 0.5) is 5.69 Å². The fraction of sp³-hybridized carbons (Fsp3) is 0.364. The maximum Gasteiger partial charge on any atom is 0.232 e. The van der Waals surface area contributed by atoms with E-state index in [1.807, 2.05) is 13.0 Å². The Hall–Kier alpha value is -1.48. The van der Waals surface area contributed by atoms with Crippen LogP contribution in [0.15, 0.2) is 22.7 Å².